The van der Waals surface area contributed by atoms with Crippen molar-refractivity contribution in [2.45, 2.75) is 12.8 Å². The minimum Gasteiger partial charge on any atom is -0.489 e. The van der Waals surface area contributed by atoms with Crippen LogP contribution in [0.15, 0.2) is 36.4 Å². The zero-order valence-corrected chi connectivity index (χ0v) is 15.1. The molecule has 0 saturated carbocycles. The molecule has 0 fully saturated rings. The fourth-order valence-electron chi connectivity index (χ4n) is 2.62. The smallest absolute Gasteiger partial charge is 0.228 e. The second-order valence-corrected chi connectivity index (χ2v) is 6.53. The average Bonchev–Trinajstić information content (AvgIpc) is 2.81. The van der Waals surface area contributed by atoms with Crippen molar-refractivity contribution in [2.24, 2.45) is 0 Å². The van der Waals surface area contributed by atoms with Crippen molar-refractivity contribution in [2.75, 3.05) is 37.5 Å². The lowest BCUT2D eigenvalue weighted by Crippen LogP contribution is -2.15. The maximum absolute atomic E-state index is 12.3. The fraction of sp³-hybridized carbons (Fsp3) is 0.316. The molecule has 3 rings (SSSR count). The maximum Gasteiger partial charge on any atom is 0.228 e. The Kier molecular flexibility index (Phi) is 5.34. The number of hydrogen-bond donors (Lipinski definition) is 1. The first-order valence-corrected chi connectivity index (χ1v) is 8.56. The van der Waals surface area contributed by atoms with E-state index in [4.69, 9.17) is 21.1 Å². The van der Waals surface area contributed by atoms with Crippen molar-refractivity contribution in [3.63, 3.8) is 0 Å². The number of hydrogen-bond acceptors (Lipinski definition) is 4. The molecule has 1 aliphatic rings. The number of carbonyl (C=O) groups is 1. The van der Waals surface area contributed by atoms with Gasteiger partial charge < -0.3 is 19.7 Å². The van der Waals surface area contributed by atoms with E-state index in [1.165, 1.54) is 0 Å². The Labute approximate surface area is 152 Å². The maximum atomic E-state index is 12.3. The molecule has 0 atom stereocenters. The Morgan fingerprint density at radius 2 is 1.88 bits per heavy atom. The number of nitrogens with one attached hydrogen (secondary N) is 1. The second kappa shape index (κ2) is 7.66. The van der Waals surface area contributed by atoms with E-state index in [2.05, 4.69) is 5.32 Å². The van der Waals surface area contributed by atoms with Crippen LogP contribution in [-0.4, -0.2) is 33.2 Å². The molecule has 25 heavy (non-hydrogen) atoms. The lowest BCUT2D eigenvalue weighted by molar-refractivity contribution is -0.115. The SMILES string of the molecule is CN(C)c1ccc(NC(=O)Cc2cc(Cl)c3c(c2)OCCCO3)cc1. The summed E-state index contributed by atoms with van der Waals surface area (Å²) in [5.74, 6) is 1.05. The molecule has 0 aliphatic carbocycles. The van der Waals surface area contributed by atoms with Gasteiger partial charge in [0.25, 0.3) is 0 Å². The van der Waals surface area contributed by atoms with E-state index in [9.17, 15) is 4.79 Å². The first kappa shape index (κ1) is 17.4. The lowest BCUT2D eigenvalue weighted by Gasteiger charge is -2.13. The number of halogens is 1. The Bertz CT molecular complexity index is 760. The van der Waals surface area contributed by atoms with Crippen molar-refractivity contribution in [3.8, 4) is 11.5 Å². The molecule has 1 amide bonds. The van der Waals surface area contributed by atoms with Gasteiger partial charge in [-0.2, -0.15) is 0 Å². The third kappa shape index (κ3) is 4.37. The Morgan fingerprint density at radius 3 is 2.60 bits per heavy atom. The number of ether oxygens (including phenoxy) is 2. The average molecular weight is 361 g/mol. The number of anilines is 2. The summed E-state index contributed by atoms with van der Waals surface area (Å²) in [6, 6.07) is 11.3. The monoisotopic (exact) mass is 360 g/mol. The molecule has 1 aliphatic heterocycles. The highest BCUT2D eigenvalue weighted by molar-refractivity contribution is 6.32. The molecule has 2 aromatic carbocycles. The number of benzene rings is 2. The predicted octanol–water partition coefficient (Wildman–Crippen LogP) is 3.75. The highest BCUT2D eigenvalue weighted by atomic mass is 35.5. The summed E-state index contributed by atoms with van der Waals surface area (Å²) in [5.41, 5.74) is 2.63. The molecule has 1 N–H and O–H groups in total. The Balaban J connectivity index is 1.68. The summed E-state index contributed by atoms with van der Waals surface area (Å²) in [6.45, 7) is 1.16. The van der Waals surface area contributed by atoms with Gasteiger partial charge >= 0.3 is 0 Å². The quantitative estimate of drug-likeness (QED) is 0.902. The van der Waals surface area contributed by atoms with Crippen LogP contribution in [0, 0.1) is 0 Å². The lowest BCUT2D eigenvalue weighted by atomic mass is 10.1. The fourth-order valence-corrected chi connectivity index (χ4v) is 2.91. The van der Waals surface area contributed by atoms with Gasteiger partial charge in [-0.25, -0.2) is 0 Å². The van der Waals surface area contributed by atoms with Crippen LogP contribution >= 0.6 is 11.6 Å². The Hall–Kier alpha value is -2.40. The van der Waals surface area contributed by atoms with Crippen molar-refractivity contribution < 1.29 is 14.3 Å². The van der Waals surface area contributed by atoms with Crippen molar-refractivity contribution in [1.82, 2.24) is 0 Å². The number of carbonyl (C=O) groups excluding carboxylic acids is 1. The van der Waals surface area contributed by atoms with Gasteiger partial charge in [-0.3, -0.25) is 4.79 Å². The van der Waals surface area contributed by atoms with Gasteiger partial charge in [-0.05, 0) is 42.0 Å². The van der Waals surface area contributed by atoms with Gasteiger partial charge in [-0.15, -0.1) is 0 Å². The van der Waals surface area contributed by atoms with Crippen LogP contribution in [-0.2, 0) is 11.2 Å². The highest BCUT2D eigenvalue weighted by Crippen LogP contribution is 2.38. The molecule has 132 valence electrons. The standard InChI is InChI=1S/C19H21ClN2O3/c1-22(2)15-6-4-14(5-7-15)21-18(23)12-13-10-16(20)19-17(11-13)24-8-3-9-25-19/h4-7,10-11H,3,8-9,12H2,1-2H3,(H,21,23). The van der Waals surface area contributed by atoms with Gasteiger partial charge in [-0.1, -0.05) is 11.6 Å². The zero-order valence-electron chi connectivity index (χ0n) is 14.3. The first-order valence-electron chi connectivity index (χ1n) is 8.18. The predicted molar refractivity (Wildman–Crippen MR) is 100 cm³/mol. The van der Waals surface area contributed by atoms with Gasteiger partial charge in [0.05, 0.1) is 24.7 Å². The minimum atomic E-state index is -0.108. The molecule has 0 aromatic heterocycles. The zero-order chi connectivity index (χ0) is 17.8. The second-order valence-electron chi connectivity index (χ2n) is 6.12. The molecular formula is C19H21ClN2O3. The molecule has 0 spiro atoms. The van der Waals surface area contributed by atoms with Gasteiger partial charge in [0.1, 0.15) is 0 Å². The van der Waals surface area contributed by atoms with Gasteiger partial charge in [0.15, 0.2) is 11.5 Å². The normalized spacial score (nSPS) is 13.1. The van der Waals surface area contributed by atoms with Gasteiger partial charge in [0, 0.05) is 31.9 Å². The molecule has 0 saturated heterocycles. The molecular weight excluding hydrogens is 340 g/mol. The van der Waals surface area contributed by atoms with Crippen LogP contribution in [0.4, 0.5) is 11.4 Å². The minimum absolute atomic E-state index is 0.108. The first-order chi connectivity index (χ1) is 12.0. The van der Waals surface area contributed by atoms with E-state index in [1.54, 1.807) is 6.07 Å². The van der Waals surface area contributed by atoms with Crippen LogP contribution in [0.3, 0.4) is 0 Å². The number of fused-ring (bicyclic) bond motifs is 1. The Morgan fingerprint density at radius 1 is 1.16 bits per heavy atom. The summed E-state index contributed by atoms with van der Waals surface area (Å²) >= 11 is 6.27. The van der Waals surface area contributed by atoms with Crippen molar-refractivity contribution in [1.29, 1.82) is 0 Å². The third-order valence-corrected chi connectivity index (χ3v) is 4.17. The third-order valence-electron chi connectivity index (χ3n) is 3.89. The van der Waals surface area contributed by atoms with Crippen LogP contribution < -0.4 is 19.7 Å². The summed E-state index contributed by atoms with van der Waals surface area (Å²) in [5, 5.41) is 3.37. The highest BCUT2D eigenvalue weighted by Gasteiger charge is 2.16. The molecule has 0 radical (unpaired) electrons. The van der Waals surface area contributed by atoms with Crippen LogP contribution in [0.25, 0.3) is 0 Å². The molecule has 6 heteroatoms. The van der Waals surface area contributed by atoms with E-state index in [0.717, 1.165) is 23.4 Å². The van der Waals surface area contributed by atoms with Crippen LogP contribution in [0.5, 0.6) is 11.5 Å². The molecule has 5 nitrogen and oxygen atoms in total. The van der Waals surface area contributed by atoms with E-state index in [1.807, 2.05) is 49.3 Å². The van der Waals surface area contributed by atoms with Crippen LogP contribution in [0.2, 0.25) is 5.02 Å². The molecule has 0 unspecified atom stereocenters. The van der Waals surface area contributed by atoms with E-state index >= 15 is 0 Å². The van der Waals surface area contributed by atoms with Crippen LogP contribution in [0.1, 0.15) is 12.0 Å². The summed E-state index contributed by atoms with van der Waals surface area (Å²) in [4.78, 5) is 14.3. The summed E-state index contributed by atoms with van der Waals surface area (Å²) in [6.07, 6.45) is 1.02. The van der Waals surface area contributed by atoms with E-state index < -0.39 is 0 Å². The van der Waals surface area contributed by atoms with Crippen molar-refractivity contribution >= 4 is 28.9 Å². The summed E-state index contributed by atoms with van der Waals surface area (Å²) in [7, 11) is 3.95. The van der Waals surface area contributed by atoms with E-state index in [0.29, 0.717) is 29.7 Å². The molecule has 1 heterocycles. The summed E-state index contributed by atoms with van der Waals surface area (Å²) < 4.78 is 11.3. The number of nitrogens with zero attached hydrogens (tertiary/aromatic N) is 1. The molecule has 2 aromatic rings. The number of amides is 1. The molecule has 0 bridgehead atoms. The largest absolute Gasteiger partial charge is 0.489 e. The van der Waals surface area contributed by atoms with Crippen molar-refractivity contribution in [3.05, 3.63) is 47.0 Å². The number of rotatable bonds is 4. The van der Waals surface area contributed by atoms with Gasteiger partial charge in [0.2, 0.25) is 5.91 Å². The topological polar surface area (TPSA) is 50.8 Å². The van der Waals surface area contributed by atoms with E-state index in [-0.39, 0.29) is 12.3 Å².